The summed E-state index contributed by atoms with van der Waals surface area (Å²) in [6, 6.07) is -3.32. The van der Waals surface area contributed by atoms with E-state index in [2.05, 4.69) is 57.2 Å². The third kappa shape index (κ3) is 8.31. The Morgan fingerprint density at radius 3 is 2.21 bits per heavy atom. The Bertz CT molecular complexity index is 1940. The molecule has 3 aliphatic heterocycles. The molecule has 23 nitrogen and oxygen atoms in total. The number of carbonyl (C=O) groups is 6. The molecule has 3 aliphatic rings. The van der Waals surface area contributed by atoms with E-state index < -0.39 is 65.0 Å². The molecule has 0 aromatic carbocycles. The van der Waals surface area contributed by atoms with Gasteiger partial charge in [-0.05, 0) is 33.4 Å². The van der Waals surface area contributed by atoms with Crippen LogP contribution in [0, 0.1) is 6.92 Å². The van der Waals surface area contributed by atoms with Crippen LogP contribution in [0.4, 0.5) is 0 Å². The number of nitrogens with zero attached hydrogens (tertiary/aromatic N) is 11. The minimum absolute atomic E-state index is 0.0865. The Labute approximate surface area is 307 Å². The van der Waals surface area contributed by atoms with Gasteiger partial charge in [0.25, 0.3) is 5.91 Å². The van der Waals surface area contributed by atoms with Crippen LogP contribution < -0.4 is 16.0 Å². The van der Waals surface area contributed by atoms with Crippen molar-refractivity contribution < 1.29 is 43.7 Å². The molecule has 5 N–H and O–H groups in total. The lowest BCUT2D eigenvalue weighted by Crippen LogP contribution is -2.60. The number of carboxylic acids is 2. The number of aliphatic carboxylic acids is 2. The average molecular weight is 795 g/mol. The highest BCUT2D eigenvalue weighted by Crippen LogP contribution is 2.39. The highest BCUT2D eigenvalue weighted by Gasteiger charge is 2.48. The third-order valence-corrected chi connectivity index (χ3v) is 12.0. The number of aromatic nitrogens is 10. The van der Waals surface area contributed by atoms with Gasteiger partial charge in [-0.3, -0.25) is 19.3 Å². The molecule has 3 amide bonds. The first kappa shape index (κ1) is 36.6. The van der Waals surface area contributed by atoms with Crippen molar-refractivity contribution in [1.29, 1.82) is 0 Å². The second kappa shape index (κ2) is 16.0. The van der Waals surface area contributed by atoms with E-state index in [1.807, 2.05) is 0 Å². The summed E-state index contributed by atoms with van der Waals surface area (Å²) in [6.07, 6.45) is 2.33. The molecule has 0 aliphatic carbocycles. The summed E-state index contributed by atoms with van der Waals surface area (Å²) < 4.78 is 7.99. The fraction of sp³-hybridized carbons (Fsp3) is 0.440. The number of carboxylic acid groups (broad SMARTS) is 2. The van der Waals surface area contributed by atoms with Crippen LogP contribution in [0.5, 0.6) is 0 Å². The quantitative estimate of drug-likeness (QED) is 0.0806. The van der Waals surface area contributed by atoms with Crippen molar-refractivity contribution in [2.45, 2.75) is 47.2 Å². The van der Waals surface area contributed by atoms with Crippen molar-refractivity contribution in [1.82, 2.24) is 71.5 Å². The first-order valence-corrected chi connectivity index (χ1v) is 18.7. The van der Waals surface area contributed by atoms with Crippen LogP contribution in [-0.2, 0) is 46.6 Å². The molecule has 3 aromatic heterocycles. The van der Waals surface area contributed by atoms with E-state index in [0.717, 1.165) is 44.1 Å². The zero-order chi connectivity index (χ0) is 36.9. The number of rotatable bonds is 14. The minimum Gasteiger partial charge on any atom is -0.480 e. The van der Waals surface area contributed by atoms with Crippen molar-refractivity contribution >= 4 is 82.3 Å². The van der Waals surface area contributed by atoms with Gasteiger partial charge in [0, 0.05) is 22.8 Å². The molecule has 0 bridgehead atoms. The van der Waals surface area contributed by atoms with Gasteiger partial charge in [0.1, 0.15) is 59.5 Å². The van der Waals surface area contributed by atoms with Crippen molar-refractivity contribution in [3.05, 3.63) is 40.2 Å². The first-order chi connectivity index (χ1) is 25.0. The second-order valence-electron chi connectivity index (χ2n) is 10.9. The first-order valence-electron chi connectivity index (χ1n) is 14.8. The van der Waals surface area contributed by atoms with Gasteiger partial charge < -0.3 is 30.9 Å². The molecule has 6 rings (SSSR count). The number of ether oxygens (including phenoxy) is 1. The molecule has 0 saturated carbocycles. The fourth-order valence-electron chi connectivity index (χ4n) is 5.08. The summed E-state index contributed by atoms with van der Waals surface area (Å²) in [7, 11) is 0. The number of carbonyl (C=O) groups excluding carboxylic acids is 4. The van der Waals surface area contributed by atoms with Gasteiger partial charge in [-0.25, -0.2) is 23.7 Å². The summed E-state index contributed by atoms with van der Waals surface area (Å²) in [6.45, 7) is 0.810. The fourth-order valence-corrected chi connectivity index (χ4v) is 9.57. The Kier molecular flexibility index (Phi) is 11.3. The van der Waals surface area contributed by atoms with Crippen LogP contribution in [0.2, 0.25) is 0 Å². The number of esters is 1. The number of hydrogen-bond donors (Lipinski definition) is 5. The number of cyclic esters (lactones) is 1. The van der Waals surface area contributed by atoms with Crippen LogP contribution in [0.15, 0.2) is 39.5 Å². The van der Waals surface area contributed by atoms with Gasteiger partial charge in [0.15, 0.2) is 16.4 Å². The predicted molar refractivity (Wildman–Crippen MR) is 178 cm³/mol. The summed E-state index contributed by atoms with van der Waals surface area (Å²) >= 11 is 4.68. The lowest BCUT2D eigenvalue weighted by Gasteiger charge is -2.40. The molecule has 4 atom stereocenters. The second-order valence-corrected chi connectivity index (χ2v) is 15.6. The number of thioether (sulfide) groups is 3. The van der Waals surface area contributed by atoms with Crippen LogP contribution in [0.25, 0.3) is 0 Å². The van der Waals surface area contributed by atoms with Crippen LogP contribution in [0.3, 0.4) is 0 Å². The highest BCUT2D eigenvalue weighted by molar-refractivity contribution is 8.01. The van der Waals surface area contributed by atoms with Crippen LogP contribution in [0.1, 0.15) is 5.01 Å². The van der Waals surface area contributed by atoms with E-state index in [1.165, 1.54) is 29.4 Å². The minimum atomic E-state index is -1.74. The van der Waals surface area contributed by atoms with E-state index in [4.69, 9.17) is 4.74 Å². The number of hydrogen-bond acceptors (Lipinski definition) is 20. The van der Waals surface area contributed by atoms with Crippen molar-refractivity contribution in [2.75, 3.05) is 23.9 Å². The monoisotopic (exact) mass is 794 g/mol. The van der Waals surface area contributed by atoms with Crippen molar-refractivity contribution in [3.63, 3.8) is 0 Å². The number of amides is 3. The van der Waals surface area contributed by atoms with E-state index in [0.29, 0.717) is 20.5 Å². The topological polar surface area (TPSA) is 304 Å². The van der Waals surface area contributed by atoms with Gasteiger partial charge in [-0.15, -0.1) is 43.9 Å². The summed E-state index contributed by atoms with van der Waals surface area (Å²) in [5.41, 5.74) is 0.562. The lowest BCUT2D eigenvalue weighted by atomic mass is 10.1. The molecular weight excluding hydrogens is 769 g/mol. The van der Waals surface area contributed by atoms with E-state index in [1.54, 1.807) is 6.92 Å². The standard InChI is InChI=1S/C25H26N14O9S4/c1-10-31-32-25(52-10)51-7-12-6-49-19(16(22(43)44)28-13(40)2-37-8-26-33-35-37)30-15(12)20(42)39-18-11(4-48-24(18)47)5-50-21(39)17(23(45)46)29-14(41)3-38-9-27-34-36-38/h8-9,16-17,19,21,30H,2-7H2,1H3,(H,28,40)(H,29,41)(H,43,44)(H,45,46)/t16-,17?,19+,21+/m0/s1. The molecule has 27 heteroatoms. The maximum Gasteiger partial charge on any atom is 0.355 e. The molecule has 1 unspecified atom stereocenters. The Hall–Kier alpha value is -5.15. The normalized spacial score (nSPS) is 19.7. The summed E-state index contributed by atoms with van der Waals surface area (Å²) in [5, 5.41) is 55.6. The Balaban J connectivity index is 1.33. The van der Waals surface area contributed by atoms with Crippen LogP contribution in [-0.4, -0.2) is 148 Å². The molecular formula is C25H26N14O9S4. The molecule has 6 heterocycles. The third-order valence-electron chi connectivity index (χ3n) is 7.36. The maximum atomic E-state index is 14.8. The van der Waals surface area contributed by atoms with Gasteiger partial charge in [0.2, 0.25) is 11.8 Å². The average Bonchev–Trinajstić information content (AvgIpc) is 3.95. The van der Waals surface area contributed by atoms with Gasteiger partial charge in [-0.1, -0.05) is 23.1 Å². The zero-order valence-electron chi connectivity index (χ0n) is 26.5. The van der Waals surface area contributed by atoms with Crippen molar-refractivity contribution in [2.24, 2.45) is 0 Å². The van der Waals surface area contributed by atoms with Gasteiger partial charge in [0.05, 0.1) is 0 Å². The van der Waals surface area contributed by atoms with E-state index >= 15 is 0 Å². The Morgan fingerprint density at radius 2 is 1.63 bits per heavy atom. The predicted octanol–water partition coefficient (Wildman–Crippen LogP) is -2.92. The molecule has 274 valence electrons. The lowest BCUT2D eigenvalue weighted by molar-refractivity contribution is -0.146. The molecule has 0 spiro atoms. The van der Waals surface area contributed by atoms with E-state index in [9.17, 15) is 39.0 Å². The molecule has 0 radical (unpaired) electrons. The smallest absolute Gasteiger partial charge is 0.355 e. The summed E-state index contributed by atoms with van der Waals surface area (Å²) in [4.78, 5) is 79.9. The van der Waals surface area contributed by atoms with Crippen LogP contribution >= 0.6 is 46.6 Å². The summed E-state index contributed by atoms with van der Waals surface area (Å²) in [5.74, 6) is -5.85. The number of nitrogens with one attached hydrogen (secondary N) is 3. The maximum absolute atomic E-state index is 14.8. The van der Waals surface area contributed by atoms with Crippen molar-refractivity contribution in [3.8, 4) is 0 Å². The SMILES string of the molecule is Cc1nnc(SCC2=C(C(=O)N3C4=C(COC4=O)CS[C@@H]3C(NC(=O)Cn3cnnn3)C(=O)O)N[C@@H]([C@H](NC(=O)Cn3cnnn3)C(=O)O)SC2)s1. The molecule has 52 heavy (non-hydrogen) atoms. The van der Waals surface area contributed by atoms with Gasteiger partial charge in [-0.2, -0.15) is 0 Å². The largest absolute Gasteiger partial charge is 0.480 e. The van der Waals surface area contributed by atoms with E-state index in [-0.39, 0.29) is 41.8 Å². The Morgan fingerprint density at radius 1 is 0.981 bits per heavy atom. The molecule has 0 fully saturated rings. The number of aryl methyl sites for hydroxylation is 1. The molecule has 0 saturated heterocycles. The van der Waals surface area contributed by atoms with Gasteiger partial charge >= 0.3 is 17.9 Å². The number of tetrazole rings is 2. The highest BCUT2D eigenvalue weighted by atomic mass is 32.2. The zero-order valence-corrected chi connectivity index (χ0v) is 29.8. The molecule has 3 aromatic rings.